The number of esters is 1. The summed E-state index contributed by atoms with van der Waals surface area (Å²) in [4.78, 5) is 13.8. The second kappa shape index (κ2) is 6.83. The molecule has 0 saturated heterocycles. The van der Waals surface area contributed by atoms with Gasteiger partial charge in [-0.25, -0.2) is 0 Å². The van der Waals surface area contributed by atoms with Crippen LogP contribution in [0.15, 0.2) is 0 Å². The van der Waals surface area contributed by atoms with Crippen LogP contribution in [0.25, 0.3) is 0 Å². The molecule has 0 aliphatic heterocycles. The maximum absolute atomic E-state index is 11.7. The van der Waals surface area contributed by atoms with Crippen molar-refractivity contribution >= 4 is 5.97 Å². The molecule has 0 N–H and O–H groups in total. The highest BCUT2D eigenvalue weighted by Gasteiger charge is 2.27. The number of hydrogen-bond donors (Lipinski definition) is 0. The largest absolute Gasteiger partial charge is 0.465 e. The van der Waals surface area contributed by atoms with Gasteiger partial charge >= 0.3 is 5.97 Å². The SMILES string of the molecule is CCOC(=O)C(CC)N(C)C(C)C(C)C. The molecule has 0 aliphatic carbocycles. The fourth-order valence-corrected chi connectivity index (χ4v) is 1.61. The van der Waals surface area contributed by atoms with Crippen LogP contribution >= 0.6 is 0 Å². The summed E-state index contributed by atoms with van der Waals surface area (Å²) in [6.45, 7) is 10.8. The number of nitrogens with zero attached hydrogens (tertiary/aromatic N) is 1. The van der Waals surface area contributed by atoms with Gasteiger partial charge in [0.15, 0.2) is 0 Å². The molecule has 90 valence electrons. The molecule has 0 aliphatic rings. The minimum absolute atomic E-state index is 0.102. The van der Waals surface area contributed by atoms with Crippen molar-refractivity contribution in [3.63, 3.8) is 0 Å². The van der Waals surface area contributed by atoms with Crippen LogP contribution in [-0.2, 0) is 9.53 Å². The van der Waals surface area contributed by atoms with Crippen LogP contribution in [0.4, 0.5) is 0 Å². The molecule has 0 saturated carbocycles. The van der Waals surface area contributed by atoms with Gasteiger partial charge in [-0.2, -0.15) is 0 Å². The number of hydrogen-bond acceptors (Lipinski definition) is 3. The number of likely N-dealkylation sites (N-methyl/N-ethyl adjacent to an activating group) is 1. The zero-order valence-corrected chi connectivity index (χ0v) is 10.9. The van der Waals surface area contributed by atoms with Crippen molar-refractivity contribution < 1.29 is 9.53 Å². The predicted molar refractivity (Wildman–Crippen MR) is 62.8 cm³/mol. The standard InChI is InChI=1S/C12H25NO2/c1-7-11(12(14)15-8-2)13(6)10(5)9(3)4/h9-11H,7-8H2,1-6H3. The van der Waals surface area contributed by atoms with Gasteiger partial charge in [-0.1, -0.05) is 20.8 Å². The summed E-state index contributed by atoms with van der Waals surface area (Å²) in [6, 6.07) is 0.279. The Morgan fingerprint density at radius 1 is 1.27 bits per heavy atom. The molecule has 3 nitrogen and oxygen atoms in total. The van der Waals surface area contributed by atoms with Gasteiger partial charge in [0.1, 0.15) is 6.04 Å². The van der Waals surface area contributed by atoms with Gasteiger partial charge in [0.2, 0.25) is 0 Å². The average molecular weight is 215 g/mol. The molecule has 0 heterocycles. The normalized spacial score (nSPS) is 15.5. The summed E-state index contributed by atoms with van der Waals surface area (Å²) in [7, 11) is 2.00. The fourth-order valence-electron chi connectivity index (χ4n) is 1.61. The number of carbonyl (C=O) groups excluding carboxylic acids is 1. The van der Waals surface area contributed by atoms with Crippen molar-refractivity contribution in [1.82, 2.24) is 4.90 Å². The topological polar surface area (TPSA) is 29.5 Å². The van der Waals surface area contributed by atoms with E-state index in [9.17, 15) is 4.79 Å². The van der Waals surface area contributed by atoms with Crippen LogP contribution < -0.4 is 0 Å². The van der Waals surface area contributed by atoms with Gasteiger partial charge in [-0.05, 0) is 33.2 Å². The van der Waals surface area contributed by atoms with Crippen LogP contribution in [0.1, 0.15) is 41.0 Å². The zero-order valence-electron chi connectivity index (χ0n) is 10.9. The van der Waals surface area contributed by atoms with Crippen molar-refractivity contribution in [3.05, 3.63) is 0 Å². The van der Waals surface area contributed by atoms with E-state index < -0.39 is 0 Å². The van der Waals surface area contributed by atoms with Crippen molar-refractivity contribution in [3.8, 4) is 0 Å². The lowest BCUT2D eigenvalue weighted by molar-refractivity contribution is -0.150. The minimum Gasteiger partial charge on any atom is -0.465 e. The highest BCUT2D eigenvalue weighted by atomic mass is 16.5. The monoisotopic (exact) mass is 215 g/mol. The smallest absolute Gasteiger partial charge is 0.323 e. The van der Waals surface area contributed by atoms with Gasteiger partial charge in [0.05, 0.1) is 6.61 Å². The first-order valence-electron chi connectivity index (χ1n) is 5.84. The number of carbonyl (C=O) groups is 1. The summed E-state index contributed by atoms with van der Waals surface area (Å²) in [6.07, 6.45) is 0.798. The number of ether oxygens (including phenoxy) is 1. The van der Waals surface area contributed by atoms with Crippen LogP contribution in [0.3, 0.4) is 0 Å². The van der Waals surface area contributed by atoms with Crippen LogP contribution in [0.2, 0.25) is 0 Å². The molecule has 0 aromatic carbocycles. The van der Waals surface area contributed by atoms with E-state index in [2.05, 4.69) is 25.7 Å². The van der Waals surface area contributed by atoms with Crippen molar-refractivity contribution in [1.29, 1.82) is 0 Å². The highest BCUT2D eigenvalue weighted by molar-refractivity contribution is 5.75. The maximum atomic E-state index is 11.7. The van der Waals surface area contributed by atoms with E-state index in [1.807, 2.05) is 20.9 Å². The first-order chi connectivity index (χ1) is 6.95. The Hall–Kier alpha value is -0.570. The first kappa shape index (κ1) is 14.4. The van der Waals surface area contributed by atoms with Crippen molar-refractivity contribution in [2.75, 3.05) is 13.7 Å². The second-order valence-corrected chi connectivity index (χ2v) is 4.33. The van der Waals surface area contributed by atoms with E-state index >= 15 is 0 Å². The quantitative estimate of drug-likeness (QED) is 0.637. The predicted octanol–water partition coefficient (Wildman–Crippen LogP) is 2.30. The summed E-state index contributed by atoms with van der Waals surface area (Å²) in [5, 5.41) is 0. The molecule has 0 aromatic rings. The molecule has 2 unspecified atom stereocenters. The van der Waals surface area contributed by atoms with E-state index in [0.29, 0.717) is 18.6 Å². The Morgan fingerprint density at radius 2 is 1.80 bits per heavy atom. The van der Waals surface area contributed by atoms with Crippen LogP contribution in [-0.4, -0.2) is 36.6 Å². The van der Waals surface area contributed by atoms with Gasteiger partial charge in [-0.15, -0.1) is 0 Å². The van der Waals surface area contributed by atoms with Gasteiger partial charge < -0.3 is 4.74 Å². The van der Waals surface area contributed by atoms with Crippen molar-refractivity contribution in [2.45, 2.75) is 53.1 Å². The molecule has 0 bridgehead atoms. The minimum atomic E-state index is -0.109. The molecule has 2 atom stereocenters. The third-order valence-electron chi connectivity index (χ3n) is 3.04. The molecular formula is C12H25NO2. The van der Waals surface area contributed by atoms with E-state index in [4.69, 9.17) is 4.74 Å². The summed E-state index contributed by atoms with van der Waals surface area (Å²) in [5.74, 6) is 0.438. The molecule has 3 heteroatoms. The molecule has 0 aromatic heterocycles. The van der Waals surface area contributed by atoms with Gasteiger partial charge in [0, 0.05) is 6.04 Å². The summed E-state index contributed by atoms with van der Waals surface area (Å²) in [5.41, 5.74) is 0. The lowest BCUT2D eigenvalue weighted by atomic mass is 10.0. The molecule has 15 heavy (non-hydrogen) atoms. The zero-order chi connectivity index (χ0) is 12.0. The van der Waals surface area contributed by atoms with Crippen molar-refractivity contribution in [2.24, 2.45) is 5.92 Å². The average Bonchev–Trinajstić information content (AvgIpc) is 2.17. The summed E-state index contributed by atoms with van der Waals surface area (Å²) >= 11 is 0. The maximum Gasteiger partial charge on any atom is 0.323 e. The third kappa shape index (κ3) is 4.20. The van der Waals surface area contributed by atoms with Gasteiger partial charge in [0.25, 0.3) is 0 Å². The molecule has 0 spiro atoms. The lowest BCUT2D eigenvalue weighted by Gasteiger charge is -2.33. The lowest BCUT2D eigenvalue weighted by Crippen LogP contribution is -2.46. The Kier molecular flexibility index (Phi) is 6.57. The van der Waals surface area contributed by atoms with E-state index in [-0.39, 0.29) is 12.0 Å². The van der Waals surface area contributed by atoms with E-state index in [0.717, 1.165) is 6.42 Å². The Bertz CT molecular complexity index is 192. The highest BCUT2D eigenvalue weighted by Crippen LogP contribution is 2.14. The molecule has 0 radical (unpaired) electrons. The Balaban J connectivity index is 4.45. The molecular weight excluding hydrogens is 190 g/mol. The summed E-state index contributed by atoms with van der Waals surface area (Å²) < 4.78 is 5.07. The molecule has 0 fully saturated rings. The van der Waals surface area contributed by atoms with E-state index in [1.54, 1.807) is 0 Å². The van der Waals surface area contributed by atoms with E-state index in [1.165, 1.54) is 0 Å². The molecule has 0 rings (SSSR count). The van der Waals surface area contributed by atoms with Crippen LogP contribution in [0.5, 0.6) is 0 Å². The second-order valence-electron chi connectivity index (χ2n) is 4.33. The first-order valence-corrected chi connectivity index (χ1v) is 5.84. The van der Waals surface area contributed by atoms with Crippen LogP contribution in [0, 0.1) is 5.92 Å². The Morgan fingerprint density at radius 3 is 2.13 bits per heavy atom. The van der Waals surface area contributed by atoms with Gasteiger partial charge in [-0.3, -0.25) is 9.69 Å². The third-order valence-corrected chi connectivity index (χ3v) is 3.04. The fraction of sp³-hybridized carbons (Fsp3) is 0.917. The Labute approximate surface area is 93.8 Å². The number of rotatable bonds is 6. The molecule has 0 amide bonds.